The molecule has 0 fully saturated rings. The van der Waals surface area contributed by atoms with Gasteiger partial charge in [-0.25, -0.2) is 9.48 Å². The number of hydrogen-bond donors (Lipinski definition) is 2. The van der Waals surface area contributed by atoms with Crippen molar-refractivity contribution in [2.45, 2.75) is 39.3 Å². The summed E-state index contributed by atoms with van der Waals surface area (Å²) in [6.45, 7) is 5.26. The molecule has 2 atom stereocenters. The number of rotatable bonds is 5. The van der Waals surface area contributed by atoms with Crippen molar-refractivity contribution in [1.82, 2.24) is 15.1 Å². The summed E-state index contributed by atoms with van der Waals surface area (Å²) in [5.74, 6) is -1.62. The third-order valence-electron chi connectivity index (χ3n) is 2.79. The van der Waals surface area contributed by atoms with Crippen molar-refractivity contribution >= 4 is 11.9 Å². The highest BCUT2D eigenvalue weighted by atomic mass is 16.4. The van der Waals surface area contributed by atoms with Crippen LogP contribution in [0, 0.1) is 0 Å². The molecule has 7 nitrogen and oxygen atoms in total. The normalized spacial score (nSPS) is 13.6. The van der Waals surface area contributed by atoms with Crippen molar-refractivity contribution in [3.8, 4) is 0 Å². The molecule has 0 saturated carbocycles. The first-order chi connectivity index (χ1) is 8.86. The van der Waals surface area contributed by atoms with Crippen LogP contribution in [0.15, 0.2) is 16.9 Å². The first-order valence-electron chi connectivity index (χ1n) is 6.00. The van der Waals surface area contributed by atoms with Crippen LogP contribution in [0.1, 0.15) is 43.7 Å². The Morgan fingerprint density at radius 2 is 2.05 bits per heavy atom. The molecule has 1 aromatic heterocycles. The lowest BCUT2D eigenvalue weighted by atomic mass is 10.2. The Labute approximate surface area is 110 Å². The molecule has 0 aliphatic carbocycles. The topological polar surface area (TPSA) is 101 Å². The second-order valence-electron chi connectivity index (χ2n) is 4.30. The predicted molar refractivity (Wildman–Crippen MR) is 68.1 cm³/mol. The van der Waals surface area contributed by atoms with Gasteiger partial charge in [0.2, 0.25) is 5.91 Å². The van der Waals surface area contributed by atoms with Crippen molar-refractivity contribution in [2.75, 3.05) is 0 Å². The van der Waals surface area contributed by atoms with Gasteiger partial charge in [-0.1, -0.05) is 6.92 Å². The summed E-state index contributed by atoms with van der Waals surface area (Å²) >= 11 is 0. The number of carboxylic acid groups (broad SMARTS) is 1. The molecule has 0 bridgehead atoms. The average Bonchev–Trinajstić information content (AvgIpc) is 2.37. The zero-order valence-electron chi connectivity index (χ0n) is 11.1. The molecular formula is C12H17N3O4. The van der Waals surface area contributed by atoms with Crippen molar-refractivity contribution in [2.24, 2.45) is 0 Å². The van der Waals surface area contributed by atoms with Crippen LogP contribution in [0.4, 0.5) is 0 Å². The molecule has 0 aliphatic heterocycles. The van der Waals surface area contributed by atoms with Gasteiger partial charge in [0.15, 0.2) is 5.69 Å². The van der Waals surface area contributed by atoms with E-state index >= 15 is 0 Å². The maximum atomic E-state index is 11.9. The molecule has 0 aliphatic rings. The fourth-order valence-corrected chi connectivity index (χ4v) is 1.39. The van der Waals surface area contributed by atoms with Gasteiger partial charge in [0.05, 0.1) is 0 Å². The summed E-state index contributed by atoms with van der Waals surface area (Å²) in [5.41, 5.74) is -0.792. The molecule has 2 N–H and O–H groups in total. The van der Waals surface area contributed by atoms with Crippen LogP contribution < -0.4 is 10.9 Å². The number of hydrogen-bond acceptors (Lipinski definition) is 4. The predicted octanol–water partition coefficient (Wildman–Crippen LogP) is 0.417. The van der Waals surface area contributed by atoms with Crippen LogP contribution in [-0.2, 0) is 4.79 Å². The van der Waals surface area contributed by atoms with Crippen LogP contribution in [0.2, 0.25) is 0 Å². The maximum absolute atomic E-state index is 11.9. The van der Waals surface area contributed by atoms with E-state index in [1.54, 1.807) is 0 Å². The summed E-state index contributed by atoms with van der Waals surface area (Å²) in [5, 5.41) is 15.2. The maximum Gasteiger partial charge on any atom is 0.356 e. The van der Waals surface area contributed by atoms with E-state index in [1.165, 1.54) is 6.92 Å². The van der Waals surface area contributed by atoms with Crippen molar-refractivity contribution in [3.63, 3.8) is 0 Å². The number of nitrogens with one attached hydrogen (secondary N) is 1. The lowest BCUT2D eigenvalue weighted by molar-refractivity contribution is -0.124. The number of carbonyl (C=O) groups excluding carboxylic acids is 1. The summed E-state index contributed by atoms with van der Waals surface area (Å²) < 4.78 is 0.876. The second-order valence-corrected chi connectivity index (χ2v) is 4.30. The first kappa shape index (κ1) is 14.9. The lowest BCUT2D eigenvalue weighted by Crippen LogP contribution is -2.40. The number of aromatic carboxylic acids is 1. The molecule has 1 heterocycles. The molecule has 0 spiro atoms. The number of amides is 1. The average molecular weight is 267 g/mol. The van der Waals surface area contributed by atoms with E-state index in [9.17, 15) is 14.4 Å². The van der Waals surface area contributed by atoms with Crippen molar-refractivity contribution < 1.29 is 14.7 Å². The summed E-state index contributed by atoms with van der Waals surface area (Å²) in [6.07, 6.45) is 0.760. The first-order valence-corrected chi connectivity index (χ1v) is 6.00. The van der Waals surface area contributed by atoms with Gasteiger partial charge in [-0.3, -0.25) is 9.59 Å². The Kier molecular flexibility index (Phi) is 4.80. The molecule has 104 valence electrons. The molecule has 1 amide bonds. The highest BCUT2D eigenvalue weighted by Gasteiger charge is 2.19. The van der Waals surface area contributed by atoms with Crippen LogP contribution in [0.5, 0.6) is 0 Å². The Morgan fingerprint density at radius 1 is 1.42 bits per heavy atom. The minimum absolute atomic E-state index is 0.0201. The van der Waals surface area contributed by atoms with E-state index in [0.29, 0.717) is 0 Å². The van der Waals surface area contributed by atoms with Gasteiger partial charge >= 0.3 is 5.97 Å². The zero-order valence-corrected chi connectivity index (χ0v) is 11.1. The SMILES string of the molecule is CCC(C)NC(=O)C(C)n1nc(C(=O)O)ccc1=O. The van der Waals surface area contributed by atoms with Gasteiger partial charge in [-0.2, -0.15) is 5.10 Å². The Bertz CT molecular complexity index is 538. The molecule has 0 saturated heterocycles. The molecule has 19 heavy (non-hydrogen) atoms. The fraction of sp³-hybridized carbons (Fsp3) is 0.500. The summed E-state index contributed by atoms with van der Waals surface area (Å²) in [4.78, 5) is 34.3. The smallest absolute Gasteiger partial charge is 0.356 e. The van der Waals surface area contributed by atoms with E-state index in [-0.39, 0.29) is 17.6 Å². The van der Waals surface area contributed by atoms with Gasteiger partial charge in [-0.15, -0.1) is 0 Å². The summed E-state index contributed by atoms with van der Waals surface area (Å²) in [6, 6.07) is 1.32. The Hall–Kier alpha value is -2.18. The number of carboxylic acids is 1. The third kappa shape index (κ3) is 3.64. The minimum atomic E-state index is -1.25. The van der Waals surface area contributed by atoms with Gasteiger partial charge in [0.1, 0.15) is 6.04 Å². The number of nitrogens with zero attached hydrogens (tertiary/aromatic N) is 2. The van der Waals surface area contributed by atoms with Crippen molar-refractivity contribution in [3.05, 3.63) is 28.2 Å². The molecule has 1 aromatic rings. The van der Waals surface area contributed by atoms with Crippen LogP contribution in [0.25, 0.3) is 0 Å². The van der Waals surface area contributed by atoms with E-state index < -0.39 is 17.6 Å². The van der Waals surface area contributed by atoms with Gasteiger partial charge in [-0.05, 0) is 26.3 Å². The molecule has 0 aromatic carbocycles. The minimum Gasteiger partial charge on any atom is -0.476 e. The van der Waals surface area contributed by atoms with E-state index in [0.717, 1.165) is 23.2 Å². The second kappa shape index (κ2) is 6.12. The van der Waals surface area contributed by atoms with Gasteiger partial charge in [0, 0.05) is 12.1 Å². The number of carbonyl (C=O) groups is 2. The molecule has 0 radical (unpaired) electrons. The zero-order chi connectivity index (χ0) is 14.6. The molecule has 2 unspecified atom stereocenters. The largest absolute Gasteiger partial charge is 0.476 e. The fourth-order valence-electron chi connectivity index (χ4n) is 1.39. The van der Waals surface area contributed by atoms with E-state index in [2.05, 4.69) is 10.4 Å². The monoisotopic (exact) mass is 267 g/mol. The van der Waals surface area contributed by atoms with Crippen molar-refractivity contribution in [1.29, 1.82) is 0 Å². The highest BCUT2D eigenvalue weighted by molar-refractivity contribution is 5.85. The Balaban J connectivity index is 3.01. The van der Waals surface area contributed by atoms with Crippen LogP contribution in [-0.4, -0.2) is 32.8 Å². The molecule has 1 rings (SSSR count). The van der Waals surface area contributed by atoms with Gasteiger partial charge < -0.3 is 10.4 Å². The highest BCUT2D eigenvalue weighted by Crippen LogP contribution is 2.03. The van der Waals surface area contributed by atoms with Crippen LogP contribution >= 0.6 is 0 Å². The van der Waals surface area contributed by atoms with Crippen LogP contribution in [0.3, 0.4) is 0 Å². The molecular weight excluding hydrogens is 250 g/mol. The van der Waals surface area contributed by atoms with Gasteiger partial charge in [0.25, 0.3) is 5.56 Å². The van der Waals surface area contributed by atoms with E-state index in [1.807, 2.05) is 13.8 Å². The van der Waals surface area contributed by atoms with E-state index in [4.69, 9.17) is 5.11 Å². The Morgan fingerprint density at radius 3 is 2.58 bits per heavy atom. The number of aromatic nitrogens is 2. The third-order valence-corrected chi connectivity index (χ3v) is 2.79. The summed E-state index contributed by atoms with van der Waals surface area (Å²) in [7, 11) is 0. The lowest BCUT2D eigenvalue weighted by Gasteiger charge is -2.17. The quantitative estimate of drug-likeness (QED) is 0.805. The molecule has 7 heteroatoms. The standard InChI is InChI=1S/C12H17N3O4/c1-4-7(2)13-11(17)8(3)15-10(16)6-5-9(14-15)12(18)19/h5-8H,4H2,1-3H3,(H,13,17)(H,18,19).